The lowest BCUT2D eigenvalue weighted by atomic mass is 10.4. The minimum Gasteiger partial charge on any atom is -0.478 e. The van der Waals surface area contributed by atoms with Crippen LogP contribution in [0.15, 0.2) is 24.7 Å². The lowest BCUT2D eigenvalue weighted by Gasteiger charge is -2.05. The number of nitrogens with zero attached hydrogens (tertiary/aromatic N) is 4. The van der Waals surface area contributed by atoms with Crippen molar-refractivity contribution in [2.45, 2.75) is 13.5 Å². The molecule has 0 aliphatic rings. The van der Waals surface area contributed by atoms with Crippen molar-refractivity contribution in [1.29, 1.82) is 0 Å². The van der Waals surface area contributed by atoms with Gasteiger partial charge in [0.2, 0.25) is 5.88 Å². The van der Waals surface area contributed by atoms with Crippen molar-refractivity contribution in [3.05, 3.63) is 30.4 Å². The molecule has 0 fully saturated rings. The van der Waals surface area contributed by atoms with Gasteiger partial charge in [0, 0.05) is 19.3 Å². The average molecular weight is 233 g/mol. The van der Waals surface area contributed by atoms with E-state index in [0.717, 1.165) is 11.5 Å². The summed E-state index contributed by atoms with van der Waals surface area (Å²) in [5, 5.41) is 7.43. The third-order valence-corrected chi connectivity index (χ3v) is 2.15. The van der Waals surface area contributed by atoms with Crippen LogP contribution in [-0.2, 0) is 13.6 Å². The second-order valence-electron chi connectivity index (χ2n) is 3.51. The summed E-state index contributed by atoms with van der Waals surface area (Å²) in [6.07, 6.45) is 3.38. The standard InChI is InChI=1S/C11H15N5O/c1-3-17-11-6-10(13-8-14-11)12-7-9-4-5-16(2)15-9/h4-6,8H,3,7H2,1-2H3,(H,12,13,14). The van der Waals surface area contributed by atoms with E-state index in [9.17, 15) is 0 Å². The van der Waals surface area contributed by atoms with Crippen molar-refractivity contribution in [1.82, 2.24) is 19.7 Å². The number of aromatic nitrogens is 4. The SMILES string of the molecule is CCOc1cc(NCc2ccn(C)n2)ncn1. The van der Waals surface area contributed by atoms with Crippen molar-refractivity contribution in [3.8, 4) is 5.88 Å². The van der Waals surface area contributed by atoms with Crippen molar-refractivity contribution < 1.29 is 4.74 Å². The maximum atomic E-state index is 5.29. The zero-order chi connectivity index (χ0) is 12.1. The molecule has 0 atom stereocenters. The fourth-order valence-corrected chi connectivity index (χ4v) is 1.40. The molecule has 0 radical (unpaired) electrons. The fourth-order valence-electron chi connectivity index (χ4n) is 1.40. The highest BCUT2D eigenvalue weighted by molar-refractivity contribution is 5.37. The Balaban J connectivity index is 1.96. The van der Waals surface area contributed by atoms with Crippen LogP contribution in [0.5, 0.6) is 5.88 Å². The van der Waals surface area contributed by atoms with Gasteiger partial charge in [0.25, 0.3) is 0 Å². The lowest BCUT2D eigenvalue weighted by Crippen LogP contribution is -2.04. The van der Waals surface area contributed by atoms with Crippen LogP contribution in [0.4, 0.5) is 5.82 Å². The van der Waals surface area contributed by atoms with Gasteiger partial charge in [-0.15, -0.1) is 0 Å². The highest BCUT2D eigenvalue weighted by Crippen LogP contribution is 2.11. The van der Waals surface area contributed by atoms with Crippen LogP contribution in [0, 0.1) is 0 Å². The third-order valence-electron chi connectivity index (χ3n) is 2.15. The molecular formula is C11H15N5O. The number of rotatable bonds is 5. The summed E-state index contributed by atoms with van der Waals surface area (Å²) in [4.78, 5) is 8.10. The maximum Gasteiger partial charge on any atom is 0.218 e. The van der Waals surface area contributed by atoms with Crippen LogP contribution < -0.4 is 10.1 Å². The highest BCUT2D eigenvalue weighted by atomic mass is 16.5. The van der Waals surface area contributed by atoms with E-state index in [1.807, 2.05) is 26.2 Å². The van der Waals surface area contributed by atoms with E-state index in [4.69, 9.17) is 4.74 Å². The summed E-state index contributed by atoms with van der Waals surface area (Å²) in [5.41, 5.74) is 0.962. The van der Waals surface area contributed by atoms with Gasteiger partial charge >= 0.3 is 0 Å². The molecule has 6 heteroatoms. The molecule has 2 aromatic heterocycles. The molecule has 0 unspecified atom stereocenters. The van der Waals surface area contributed by atoms with Crippen LogP contribution in [-0.4, -0.2) is 26.4 Å². The summed E-state index contributed by atoms with van der Waals surface area (Å²) < 4.78 is 7.06. The lowest BCUT2D eigenvalue weighted by molar-refractivity contribution is 0.326. The molecule has 17 heavy (non-hydrogen) atoms. The van der Waals surface area contributed by atoms with Gasteiger partial charge in [0.05, 0.1) is 18.8 Å². The van der Waals surface area contributed by atoms with Crippen molar-refractivity contribution in [2.24, 2.45) is 7.05 Å². The zero-order valence-corrected chi connectivity index (χ0v) is 9.92. The predicted octanol–water partition coefficient (Wildman–Crippen LogP) is 1.22. The van der Waals surface area contributed by atoms with Gasteiger partial charge < -0.3 is 10.1 Å². The van der Waals surface area contributed by atoms with E-state index < -0.39 is 0 Å². The Morgan fingerprint density at radius 1 is 1.41 bits per heavy atom. The zero-order valence-electron chi connectivity index (χ0n) is 9.92. The second kappa shape index (κ2) is 5.29. The van der Waals surface area contributed by atoms with Crippen LogP contribution >= 0.6 is 0 Å². The second-order valence-corrected chi connectivity index (χ2v) is 3.51. The molecule has 0 aliphatic heterocycles. The molecule has 0 spiro atoms. The summed E-state index contributed by atoms with van der Waals surface area (Å²) in [5.74, 6) is 1.31. The first kappa shape index (κ1) is 11.4. The van der Waals surface area contributed by atoms with Gasteiger partial charge in [-0.05, 0) is 13.0 Å². The number of ether oxygens (including phenoxy) is 1. The normalized spacial score (nSPS) is 10.2. The Bertz CT molecular complexity index is 482. The van der Waals surface area contributed by atoms with Crippen molar-refractivity contribution in [2.75, 3.05) is 11.9 Å². The first-order valence-corrected chi connectivity index (χ1v) is 5.45. The topological polar surface area (TPSA) is 64.9 Å². The Morgan fingerprint density at radius 2 is 2.29 bits per heavy atom. The highest BCUT2D eigenvalue weighted by Gasteiger charge is 2.00. The number of aryl methyl sites for hydroxylation is 1. The summed E-state index contributed by atoms with van der Waals surface area (Å²) in [6, 6.07) is 3.73. The molecule has 2 rings (SSSR count). The largest absolute Gasteiger partial charge is 0.478 e. The average Bonchev–Trinajstić information content (AvgIpc) is 2.74. The predicted molar refractivity (Wildman–Crippen MR) is 63.7 cm³/mol. The molecule has 2 aromatic rings. The molecule has 0 saturated carbocycles. The Hall–Kier alpha value is -2.11. The number of hydrogen-bond acceptors (Lipinski definition) is 5. The molecule has 1 N–H and O–H groups in total. The van der Waals surface area contributed by atoms with Crippen LogP contribution in [0.3, 0.4) is 0 Å². The Kier molecular flexibility index (Phi) is 3.54. The van der Waals surface area contributed by atoms with E-state index in [0.29, 0.717) is 19.0 Å². The van der Waals surface area contributed by atoms with Gasteiger partial charge in [-0.1, -0.05) is 0 Å². The van der Waals surface area contributed by atoms with Gasteiger partial charge in [0.1, 0.15) is 12.1 Å². The molecule has 6 nitrogen and oxygen atoms in total. The fraction of sp³-hybridized carbons (Fsp3) is 0.364. The number of anilines is 1. The third kappa shape index (κ3) is 3.17. The van der Waals surface area contributed by atoms with Gasteiger partial charge in [-0.2, -0.15) is 5.10 Å². The van der Waals surface area contributed by atoms with Crippen LogP contribution in [0.25, 0.3) is 0 Å². The number of nitrogens with one attached hydrogen (secondary N) is 1. The summed E-state index contributed by atoms with van der Waals surface area (Å²) in [6.45, 7) is 3.14. The van der Waals surface area contributed by atoms with E-state index >= 15 is 0 Å². The van der Waals surface area contributed by atoms with Gasteiger partial charge in [-0.3, -0.25) is 4.68 Å². The quantitative estimate of drug-likeness (QED) is 0.841. The Labute approximate surface area is 99.7 Å². The minimum atomic E-state index is 0.575. The minimum absolute atomic E-state index is 0.575. The van der Waals surface area contributed by atoms with Crippen LogP contribution in [0.2, 0.25) is 0 Å². The first-order chi connectivity index (χ1) is 8.28. The Morgan fingerprint density at radius 3 is 3.00 bits per heavy atom. The molecule has 0 aliphatic carbocycles. The molecule has 90 valence electrons. The van der Waals surface area contributed by atoms with Crippen molar-refractivity contribution in [3.63, 3.8) is 0 Å². The first-order valence-electron chi connectivity index (χ1n) is 5.45. The van der Waals surface area contributed by atoms with Gasteiger partial charge in [0.15, 0.2) is 0 Å². The van der Waals surface area contributed by atoms with E-state index in [1.165, 1.54) is 6.33 Å². The number of hydrogen-bond donors (Lipinski definition) is 1. The van der Waals surface area contributed by atoms with Gasteiger partial charge in [-0.25, -0.2) is 9.97 Å². The van der Waals surface area contributed by atoms with E-state index in [2.05, 4.69) is 20.4 Å². The van der Waals surface area contributed by atoms with Crippen LogP contribution in [0.1, 0.15) is 12.6 Å². The molecular weight excluding hydrogens is 218 g/mol. The maximum absolute atomic E-state index is 5.29. The molecule has 0 amide bonds. The summed E-state index contributed by atoms with van der Waals surface area (Å²) >= 11 is 0. The molecule has 2 heterocycles. The van der Waals surface area contributed by atoms with E-state index in [1.54, 1.807) is 10.7 Å². The smallest absolute Gasteiger partial charge is 0.218 e. The summed E-state index contributed by atoms with van der Waals surface area (Å²) in [7, 11) is 1.89. The molecule has 0 aromatic carbocycles. The molecule has 0 bridgehead atoms. The van der Waals surface area contributed by atoms with Crippen molar-refractivity contribution >= 4 is 5.82 Å². The van der Waals surface area contributed by atoms with E-state index in [-0.39, 0.29) is 0 Å². The molecule has 0 saturated heterocycles. The monoisotopic (exact) mass is 233 g/mol.